The molecule has 18 heavy (non-hydrogen) atoms. The van der Waals surface area contributed by atoms with Gasteiger partial charge in [0.25, 0.3) is 0 Å². The van der Waals surface area contributed by atoms with E-state index in [0.29, 0.717) is 16.4 Å². The molecule has 1 aromatic carbocycles. The summed E-state index contributed by atoms with van der Waals surface area (Å²) in [6.07, 6.45) is 2.89. The molecule has 0 aliphatic heterocycles. The number of rotatable bonds is 3. The topological polar surface area (TPSA) is 85.8 Å². The summed E-state index contributed by atoms with van der Waals surface area (Å²) < 4.78 is 1.49. The largest absolute Gasteiger partial charge is 0.323 e. The lowest BCUT2D eigenvalue weighted by atomic mass is 10.2. The average molecular weight is 266 g/mol. The van der Waals surface area contributed by atoms with E-state index in [1.165, 1.54) is 17.3 Å². The van der Waals surface area contributed by atoms with Crippen LogP contribution in [0.5, 0.6) is 0 Å². The molecule has 1 amide bonds. The Hall–Kier alpha value is -1.92. The van der Waals surface area contributed by atoms with Crippen LogP contribution in [0.1, 0.15) is 6.92 Å². The van der Waals surface area contributed by atoms with Gasteiger partial charge in [-0.15, -0.1) is 0 Å². The number of hydrogen-bond donors (Lipinski definition) is 2. The van der Waals surface area contributed by atoms with Crippen molar-refractivity contribution >= 4 is 23.2 Å². The second kappa shape index (κ2) is 5.16. The van der Waals surface area contributed by atoms with Crippen LogP contribution < -0.4 is 11.1 Å². The van der Waals surface area contributed by atoms with Crippen molar-refractivity contribution < 1.29 is 4.79 Å². The second-order valence-corrected chi connectivity index (χ2v) is 4.16. The van der Waals surface area contributed by atoms with E-state index in [1.807, 2.05) is 0 Å². The maximum atomic E-state index is 11.6. The summed E-state index contributed by atoms with van der Waals surface area (Å²) >= 11 is 6.11. The number of aromatic nitrogens is 3. The molecular formula is C11H12ClN5O. The van der Waals surface area contributed by atoms with E-state index in [9.17, 15) is 4.79 Å². The van der Waals surface area contributed by atoms with Crippen LogP contribution in [-0.4, -0.2) is 26.7 Å². The Kier molecular flexibility index (Phi) is 3.59. The van der Waals surface area contributed by atoms with E-state index < -0.39 is 6.04 Å². The van der Waals surface area contributed by atoms with Crippen molar-refractivity contribution in [2.24, 2.45) is 5.73 Å². The third-order valence-electron chi connectivity index (χ3n) is 2.31. The van der Waals surface area contributed by atoms with Gasteiger partial charge in [-0.2, -0.15) is 5.10 Å². The highest BCUT2D eigenvalue weighted by Crippen LogP contribution is 2.27. The molecule has 3 N–H and O–H groups in total. The maximum absolute atomic E-state index is 11.6. The third-order valence-corrected chi connectivity index (χ3v) is 2.61. The molecule has 0 spiro atoms. The number of para-hydroxylation sites is 1. The van der Waals surface area contributed by atoms with Crippen molar-refractivity contribution in [3.8, 4) is 5.69 Å². The van der Waals surface area contributed by atoms with Crippen molar-refractivity contribution in [1.82, 2.24) is 14.8 Å². The molecule has 1 heterocycles. The SMILES string of the molecule is C[C@@H](N)C(=O)Nc1cccc(Cl)c1-n1cncn1. The van der Waals surface area contributed by atoms with Gasteiger partial charge >= 0.3 is 0 Å². The normalized spacial score (nSPS) is 12.2. The summed E-state index contributed by atoms with van der Waals surface area (Å²) in [4.78, 5) is 15.5. The molecule has 2 aromatic rings. The van der Waals surface area contributed by atoms with Crippen LogP contribution in [0.3, 0.4) is 0 Å². The summed E-state index contributed by atoms with van der Waals surface area (Å²) in [6, 6.07) is 4.57. The van der Waals surface area contributed by atoms with Gasteiger partial charge in [0.05, 0.1) is 16.8 Å². The first-order chi connectivity index (χ1) is 8.59. The Labute approximate surface area is 109 Å². The molecule has 0 aliphatic rings. The molecule has 0 saturated heterocycles. The predicted molar refractivity (Wildman–Crippen MR) is 68.6 cm³/mol. The molecule has 1 aromatic heterocycles. The van der Waals surface area contributed by atoms with Gasteiger partial charge in [-0.3, -0.25) is 4.79 Å². The van der Waals surface area contributed by atoms with E-state index in [1.54, 1.807) is 25.1 Å². The predicted octanol–water partition coefficient (Wildman–Crippen LogP) is 1.21. The van der Waals surface area contributed by atoms with E-state index in [2.05, 4.69) is 15.4 Å². The first kappa shape index (κ1) is 12.5. The van der Waals surface area contributed by atoms with Gasteiger partial charge in [0, 0.05) is 0 Å². The van der Waals surface area contributed by atoms with Crippen molar-refractivity contribution in [1.29, 1.82) is 0 Å². The van der Waals surface area contributed by atoms with E-state index >= 15 is 0 Å². The highest BCUT2D eigenvalue weighted by molar-refractivity contribution is 6.33. The molecule has 0 unspecified atom stereocenters. The number of carbonyl (C=O) groups excluding carboxylic acids is 1. The molecule has 2 rings (SSSR count). The number of nitrogens with zero attached hydrogens (tertiary/aromatic N) is 3. The van der Waals surface area contributed by atoms with Crippen LogP contribution in [0.25, 0.3) is 5.69 Å². The fourth-order valence-corrected chi connectivity index (χ4v) is 1.68. The van der Waals surface area contributed by atoms with Crippen LogP contribution in [-0.2, 0) is 4.79 Å². The molecule has 0 fully saturated rings. The Morgan fingerprint density at radius 1 is 1.56 bits per heavy atom. The minimum Gasteiger partial charge on any atom is -0.323 e. The maximum Gasteiger partial charge on any atom is 0.241 e. The molecule has 0 saturated carbocycles. The number of carbonyl (C=O) groups is 1. The van der Waals surface area contributed by atoms with Crippen molar-refractivity contribution in [2.75, 3.05) is 5.32 Å². The van der Waals surface area contributed by atoms with E-state index in [4.69, 9.17) is 17.3 Å². The van der Waals surface area contributed by atoms with Gasteiger partial charge in [0.2, 0.25) is 5.91 Å². The van der Waals surface area contributed by atoms with Crippen LogP contribution in [0.2, 0.25) is 5.02 Å². The van der Waals surface area contributed by atoms with Gasteiger partial charge in [0.15, 0.2) is 0 Å². The Bertz CT molecular complexity index is 553. The lowest BCUT2D eigenvalue weighted by molar-refractivity contribution is -0.117. The number of anilines is 1. The van der Waals surface area contributed by atoms with Crippen molar-refractivity contribution in [3.05, 3.63) is 35.9 Å². The van der Waals surface area contributed by atoms with Crippen molar-refractivity contribution in [2.45, 2.75) is 13.0 Å². The van der Waals surface area contributed by atoms with E-state index in [0.717, 1.165) is 0 Å². The lowest BCUT2D eigenvalue weighted by Crippen LogP contribution is -2.32. The lowest BCUT2D eigenvalue weighted by Gasteiger charge is -2.13. The Morgan fingerprint density at radius 3 is 2.94 bits per heavy atom. The molecule has 94 valence electrons. The number of benzene rings is 1. The molecule has 1 atom stereocenters. The summed E-state index contributed by atoms with van der Waals surface area (Å²) in [5.74, 6) is -0.293. The zero-order chi connectivity index (χ0) is 13.1. The van der Waals surface area contributed by atoms with Gasteiger partial charge < -0.3 is 11.1 Å². The van der Waals surface area contributed by atoms with Gasteiger partial charge in [-0.1, -0.05) is 17.7 Å². The number of nitrogens with two attached hydrogens (primary N) is 1. The quantitative estimate of drug-likeness (QED) is 0.873. The third kappa shape index (κ3) is 2.49. The number of nitrogens with one attached hydrogen (secondary N) is 1. The standard InChI is InChI=1S/C11H12ClN5O/c1-7(13)11(18)16-9-4-2-3-8(12)10(9)17-6-14-5-15-17/h2-7H,13H2,1H3,(H,16,18)/t7-/m1/s1. The van der Waals surface area contributed by atoms with Crippen LogP contribution in [0, 0.1) is 0 Å². The molecule has 0 aliphatic carbocycles. The van der Waals surface area contributed by atoms with Crippen LogP contribution >= 0.6 is 11.6 Å². The zero-order valence-corrected chi connectivity index (χ0v) is 10.4. The monoisotopic (exact) mass is 265 g/mol. The summed E-state index contributed by atoms with van der Waals surface area (Å²) in [7, 11) is 0. The fraction of sp³-hybridized carbons (Fsp3) is 0.182. The minimum atomic E-state index is -0.604. The zero-order valence-electron chi connectivity index (χ0n) is 9.67. The highest BCUT2D eigenvalue weighted by atomic mass is 35.5. The fourth-order valence-electron chi connectivity index (χ4n) is 1.42. The van der Waals surface area contributed by atoms with E-state index in [-0.39, 0.29) is 5.91 Å². The second-order valence-electron chi connectivity index (χ2n) is 3.75. The smallest absolute Gasteiger partial charge is 0.241 e. The van der Waals surface area contributed by atoms with Crippen LogP contribution in [0.15, 0.2) is 30.9 Å². The summed E-state index contributed by atoms with van der Waals surface area (Å²) in [5.41, 5.74) is 6.61. The molecular weight excluding hydrogens is 254 g/mol. The number of halogens is 1. The molecule has 6 nitrogen and oxygen atoms in total. The molecule has 7 heteroatoms. The molecule has 0 bridgehead atoms. The first-order valence-corrected chi connectivity index (χ1v) is 5.67. The average Bonchev–Trinajstić information content (AvgIpc) is 2.82. The Morgan fingerprint density at radius 2 is 2.33 bits per heavy atom. The summed E-state index contributed by atoms with van der Waals surface area (Å²) in [6.45, 7) is 1.61. The van der Waals surface area contributed by atoms with Gasteiger partial charge in [-0.05, 0) is 19.1 Å². The van der Waals surface area contributed by atoms with Gasteiger partial charge in [-0.25, -0.2) is 9.67 Å². The number of amides is 1. The highest BCUT2D eigenvalue weighted by Gasteiger charge is 2.14. The molecule has 0 radical (unpaired) electrons. The summed E-state index contributed by atoms with van der Waals surface area (Å²) in [5, 5.41) is 7.16. The number of hydrogen-bond acceptors (Lipinski definition) is 4. The van der Waals surface area contributed by atoms with Gasteiger partial charge in [0.1, 0.15) is 18.3 Å². The van der Waals surface area contributed by atoms with Crippen LogP contribution in [0.4, 0.5) is 5.69 Å². The minimum absolute atomic E-state index is 0.293. The Balaban J connectivity index is 2.42. The van der Waals surface area contributed by atoms with Crippen molar-refractivity contribution in [3.63, 3.8) is 0 Å². The first-order valence-electron chi connectivity index (χ1n) is 5.29.